The van der Waals surface area contributed by atoms with Crippen molar-refractivity contribution in [3.63, 3.8) is 0 Å². The number of hydrogen-bond donors (Lipinski definition) is 3. The van der Waals surface area contributed by atoms with E-state index in [0.717, 1.165) is 11.3 Å². The van der Waals surface area contributed by atoms with Gasteiger partial charge >= 0.3 is 0 Å². The molecule has 22 heavy (non-hydrogen) atoms. The van der Waals surface area contributed by atoms with Crippen molar-refractivity contribution in [2.75, 3.05) is 12.3 Å². The van der Waals surface area contributed by atoms with E-state index in [9.17, 15) is 23.4 Å². The summed E-state index contributed by atoms with van der Waals surface area (Å²) in [6, 6.07) is 5.83. The molecule has 9 heteroatoms. The van der Waals surface area contributed by atoms with Crippen molar-refractivity contribution in [1.29, 1.82) is 0 Å². The van der Waals surface area contributed by atoms with E-state index in [2.05, 4.69) is 10.3 Å². The lowest BCUT2D eigenvalue weighted by Crippen LogP contribution is -2.36. The first-order chi connectivity index (χ1) is 10.4. The van der Waals surface area contributed by atoms with Gasteiger partial charge in [-0.1, -0.05) is 6.07 Å². The van der Waals surface area contributed by atoms with Gasteiger partial charge < -0.3 is 15.5 Å². The highest BCUT2D eigenvalue weighted by Crippen LogP contribution is 2.18. The van der Waals surface area contributed by atoms with Crippen LogP contribution in [0.1, 0.15) is 10.5 Å². The highest BCUT2D eigenvalue weighted by atomic mass is 32.2. The molecule has 2 aromatic heterocycles. The van der Waals surface area contributed by atoms with Crippen molar-refractivity contribution in [3.05, 3.63) is 41.5 Å². The second-order valence-electron chi connectivity index (χ2n) is 4.45. The van der Waals surface area contributed by atoms with Crippen LogP contribution in [0.15, 0.2) is 40.1 Å². The van der Waals surface area contributed by atoms with Gasteiger partial charge in [-0.3, -0.25) is 4.79 Å². The van der Waals surface area contributed by atoms with Crippen LogP contribution in [0.2, 0.25) is 0 Å². The molecule has 0 spiro atoms. The third kappa shape index (κ3) is 4.03. The molecule has 3 N–H and O–H groups in total. The number of nitrogens with one attached hydrogen (secondary N) is 1. The fraction of sp³-hybridized carbons (Fsp3) is 0.231. The Bertz CT molecular complexity index is 744. The quantitative estimate of drug-likeness (QED) is 0.700. The van der Waals surface area contributed by atoms with Gasteiger partial charge in [0.2, 0.25) is 0 Å². The van der Waals surface area contributed by atoms with Crippen molar-refractivity contribution in [2.45, 2.75) is 10.3 Å². The van der Waals surface area contributed by atoms with E-state index in [1.165, 1.54) is 24.4 Å². The van der Waals surface area contributed by atoms with Crippen LogP contribution in [-0.4, -0.2) is 47.9 Å². The van der Waals surface area contributed by atoms with Gasteiger partial charge in [0.25, 0.3) is 5.91 Å². The van der Waals surface area contributed by atoms with Crippen molar-refractivity contribution >= 4 is 27.1 Å². The van der Waals surface area contributed by atoms with E-state index in [0.29, 0.717) is 0 Å². The number of aliphatic hydroxyl groups excluding tert-OH is 1. The van der Waals surface area contributed by atoms with E-state index >= 15 is 0 Å². The molecular weight excluding hydrogens is 328 g/mol. The third-order valence-electron chi connectivity index (χ3n) is 2.71. The molecule has 118 valence electrons. The molecule has 2 aromatic rings. The highest BCUT2D eigenvalue weighted by molar-refractivity contribution is 7.93. The zero-order valence-electron chi connectivity index (χ0n) is 11.3. The number of thiophene rings is 1. The fourth-order valence-electron chi connectivity index (χ4n) is 1.70. The molecule has 0 saturated carbocycles. The topological polar surface area (TPSA) is 117 Å². The molecule has 0 aliphatic rings. The van der Waals surface area contributed by atoms with E-state index in [1.807, 2.05) is 0 Å². The van der Waals surface area contributed by atoms with Gasteiger partial charge in [0.15, 0.2) is 15.5 Å². The monoisotopic (exact) mass is 342 g/mol. The molecule has 2 rings (SSSR count). The maximum Gasteiger partial charge on any atom is 0.273 e. The van der Waals surface area contributed by atoms with Gasteiger partial charge in [-0.2, -0.15) is 0 Å². The maximum atomic E-state index is 12.0. The molecule has 0 fully saturated rings. The number of hydrogen-bond acceptors (Lipinski definition) is 7. The Balaban J connectivity index is 1.92. The van der Waals surface area contributed by atoms with Crippen LogP contribution in [0, 0.1) is 0 Å². The van der Waals surface area contributed by atoms with Gasteiger partial charge in [-0.05, 0) is 23.6 Å². The second kappa shape index (κ2) is 6.86. The lowest BCUT2D eigenvalue weighted by Gasteiger charge is -2.11. The molecule has 0 radical (unpaired) electrons. The SMILES string of the molecule is O=C(NCC(O)CS(=O)(=O)c1cccs1)c1ncccc1O. The summed E-state index contributed by atoms with van der Waals surface area (Å²) in [6.07, 6.45) is 0.0775. The predicted molar refractivity (Wildman–Crippen MR) is 80.6 cm³/mol. The summed E-state index contributed by atoms with van der Waals surface area (Å²) in [6.45, 7) is -0.264. The number of aliphatic hydroxyl groups is 1. The molecule has 0 aliphatic carbocycles. The summed E-state index contributed by atoms with van der Waals surface area (Å²) in [7, 11) is -3.58. The summed E-state index contributed by atoms with van der Waals surface area (Å²) in [5.41, 5.74) is -0.184. The van der Waals surface area contributed by atoms with Crippen LogP contribution >= 0.6 is 11.3 Å². The van der Waals surface area contributed by atoms with Gasteiger partial charge in [-0.15, -0.1) is 11.3 Å². The first kappa shape index (κ1) is 16.4. The number of nitrogens with zero attached hydrogens (tertiary/aromatic N) is 1. The summed E-state index contributed by atoms with van der Waals surface area (Å²) >= 11 is 1.07. The molecule has 0 aromatic carbocycles. The Morgan fingerprint density at radius 1 is 1.36 bits per heavy atom. The number of carbonyl (C=O) groups is 1. The molecule has 2 heterocycles. The Hall–Kier alpha value is -1.97. The maximum absolute atomic E-state index is 12.0. The van der Waals surface area contributed by atoms with E-state index in [4.69, 9.17) is 0 Å². The Morgan fingerprint density at radius 3 is 2.77 bits per heavy atom. The van der Waals surface area contributed by atoms with Gasteiger partial charge in [0.1, 0.15) is 9.96 Å². The average molecular weight is 342 g/mol. The minimum Gasteiger partial charge on any atom is -0.505 e. The van der Waals surface area contributed by atoms with Crippen LogP contribution < -0.4 is 5.32 Å². The first-order valence-electron chi connectivity index (χ1n) is 6.26. The summed E-state index contributed by atoms with van der Waals surface area (Å²) < 4.78 is 24.1. The summed E-state index contributed by atoms with van der Waals surface area (Å²) in [5, 5.41) is 23.2. The van der Waals surface area contributed by atoms with E-state index in [-0.39, 0.29) is 22.2 Å². The van der Waals surface area contributed by atoms with Gasteiger partial charge in [0.05, 0.1) is 11.9 Å². The molecule has 0 saturated heterocycles. The second-order valence-corrected chi connectivity index (χ2v) is 7.66. The van der Waals surface area contributed by atoms with Crippen LogP contribution in [0.4, 0.5) is 0 Å². The number of sulfone groups is 1. The largest absolute Gasteiger partial charge is 0.505 e. The van der Waals surface area contributed by atoms with Crippen LogP contribution in [0.25, 0.3) is 0 Å². The van der Waals surface area contributed by atoms with Crippen LogP contribution in [0.3, 0.4) is 0 Å². The minimum atomic E-state index is -3.58. The number of rotatable bonds is 6. The number of aromatic hydroxyl groups is 1. The molecule has 1 amide bonds. The molecular formula is C13H14N2O5S2. The van der Waals surface area contributed by atoms with Gasteiger partial charge in [0, 0.05) is 12.7 Å². The zero-order chi connectivity index (χ0) is 16.2. The highest BCUT2D eigenvalue weighted by Gasteiger charge is 2.21. The number of pyridine rings is 1. The lowest BCUT2D eigenvalue weighted by molar-refractivity contribution is 0.0917. The van der Waals surface area contributed by atoms with Crippen molar-refractivity contribution in [2.24, 2.45) is 0 Å². The Labute approximate surface area is 131 Å². The normalized spacial score (nSPS) is 12.8. The number of aromatic nitrogens is 1. The minimum absolute atomic E-state index is 0.167. The standard InChI is InChI=1S/C13H14N2O5S2/c16-9(8-22(19,20)11-4-2-6-21-11)7-15-13(18)12-10(17)3-1-5-14-12/h1-6,9,16-17H,7-8H2,(H,15,18). The Kier molecular flexibility index (Phi) is 5.11. The van der Waals surface area contributed by atoms with E-state index < -0.39 is 27.6 Å². The number of carbonyl (C=O) groups excluding carboxylic acids is 1. The average Bonchev–Trinajstić information content (AvgIpc) is 3.00. The molecule has 0 bridgehead atoms. The summed E-state index contributed by atoms with van der Waals surface area (Å²) in [4.78, 5) is 15.5. The fourth-order valence-corrected chi connectivity index (χ4v) is 4.18. The van der Waals surface area contributed by atoms with Gasteiger partial charge in [-0.25, -0.2) is 13.4 Å². The van der Waals surface area contributed by atoms with Crippen molar-refractivity contribution in [3.8, 4) is 5.75 Å². The third-order valence-corrected chi connectivity index (χ3v) is 6.00. The van der Waals surface area contributed by atoms with Crippen molar-refractivity contribution < 1.29 is 23.4 Å². The molecule has 1 unspecified atom stereocenters. The lowest BCUT2D eigenvalue weighted by atomic mass is 10.3. The molecule has 1 atom stereocenters. The zero-order valence-corrected chi connectivity index (χ0v) is 13.0. The summed E-state index contributed by atoms with van der Waals surface area (Å²) in [5.74, 6) is -1.48. The van der Waals surface area contributed by atoms with Crippen LogP contribution in [0.5, 0.6) is 5.75 Å². The molecule has 7 nitrogen and oxygen atoms in total. The number of amides is 1. The molecule has 0 aliphatic heterocycles. The predicted octanol–water partition coefficient (Wildman–Crippen LogP) is 0.413. The van der Waals surface area contributed by atoms with E-state index in [1.54, 1.807) is 11.4 Å². The van der Waals surface area contributed by atoms with Crippen molar-refractivity contribution in [1.82, 2.24) is 10.3 Å². The first-order valence-corrected chi connectivity index (χ1v) is 8.80. The smallest absolute Gasteiger partial charge is 0.273 e. The Morgan fingerprint density at radius 2 is 2.14 bits per heavy atom. The van der Waals surface area contributed by atoms with Crippen LogP contribution in [-0.2, 0) is 9.84 Å².